The van der Waals surface area contributed by atoms with E-state index >= 15 is 0 Å². The third-order valence-corrected chi connectivity index (χ3v) is 6.65. The van der Waals surface area contributed by atoms with Crippen LogP contribution in [0.15, 0.2) is 41.3 Å². The summed E-state index contributed by atoms with van der Waals surface area (Å²) < 4.78 is 0. The van der Waals surface area contributed by atoms with E-state index in [2.05, 4.69) is 10.6 Å². The number of nitrogens with zero attached hydrogens (tertiary/aromatic N) is 4. The van der Waals surface area contributed by atoms with Gasteiger partial charge < -0.3 is 26.2 Å². The van der Waals surface area contributed by atoms with Crippen molar-refractivity contribution in [2.75, 3.05) is 17.6 Å². The van der Waals surface area contributed by atoms with Gasteiger partial charge in [-0.05, 0) is 18.6 Å². The average Bonchev–Trinajstić information content (AvgIpc) is 2.95. The Kier molecular flexibility index (Phi) is 11.9. The Hall–Kier alpha value is -5.93. The number of amides is 2. The van der Waals surface area contributed by atoms with Crippen LogP contribution < -0.4 is 16.0 Å². The lowest BCUT2D eigenvalue weighted by atomic mass is 10.1. The summed E-state index contributed by atoms with van der Waals surface area (Å²) in [5, 5.41) is 69.6. The van der Waals surface area contributed by atoms with E-state index < -0.39 is 103 Å². The number of anilines is 1. The van der Waals surface area contributed by atoms with Gasteiger partial charge in [0.25, 0.3) is 22.7 Å². The van der Waals surface area contributed by atoms with Crippen LogP contribution in [0.2, 0.25) is 0 Å². The number of nitrogens with one attached hydrogen (secondary N) is 3. The number of carbonyl (C=O) groups excluding carboxylic acids is 2. The predicted molar refractivity (Wildman–Crippen MR) is 147 cm³/mol. The van der Waals surface area contributed by atoms with Gasteiger partial charge in [0.15, 0.2) is 0 Å². The fourth-order valence-electron chi connectivity index (χ4n) is 3.42. The van der Waals surface area contributed by atoms with Crippen LogP contribution in [0.4, 0.5) is 28.4 Å². The molecule has 0 aliphatic carbocycles. The van der Waals surface area contributed by atoms with Crippen LogP contribution in [-0.4, -0.2) is 78.0 Å². The van der Waals surface area contributed by atoms with E-state index in [9.17, 15) is 64.7 Å². The number of carbonyl (C=O) groups is 4. The van der Waals surface area contributed by atoms with E-state index in [-0.39, 0.29) is 10.6 Å². The minimum absolute atomic E-state index is 0.120. The summed E-state index contributed by atoms with van der Waals surface area (Å²) in [6.07, 6.45) is -1.12. The number of nitro benzene ring substituents is 4. The molecular weight excluding hydrogens is 618 g/mol. The second-order valence-electron chi connectivity index (χ2n) is 8.50. The molecule has 2 aromatic carbocycles. The molecule has 0 fully saturated rings. The number of aliphatic carboxylic acids is 2. The molecule has 0 saturated heterocycles. The summed E-state index contributed by atoms with van der Waals surface area (Å²) in [5.41, 5.74) is -3.07. The van der Waals surface area contributed by atoms with E-state index in [1.807, 2.05) is 5.32 Å². The lowest BCUT2D eigenvalue weighted by Crippen LogP contribution is -2.49. The summed E-state index contributed by atoms with van der Waals surface area (Å²) in [6, 6.07) is 2.00. The molecule has 0 heterocycles. The number of hydrogen-bond acceptors (Lipinski definition) is 14. The zero-order valence-electron chi connectivity index (χ0n) is 21.9. The minimum Gasteiger partial charge on any atom is -0.480 e. The van der Waals surface area contributed by atoms with Crippen molar-refractivity contribution < 1.29 is 49.1 Å². The highest BCUT2D eigenvalue weighted by atomic mass is 32.2. The van der Waals surface area contributed by atoms with Gasteiger partial charge in [-0.1, -0.05) is 0 Å². The van der Waals surface area contributed by atoms with Crippen molar-refractivity contribution in [1.29, 1.82) is 0 Å². The van der Waals surface area contributed by atoms with Crippen LogP contribution in [-0.2, 0) is 19.2 Å². The number of benzene rings is 2. The number of thioether (sulfide) groups is 1. The summed E-state index contributed by atoms with van der Waals surface area (Å²) in [4.78, 5) is 88.8. The largest absolute Gasteiger partial charge is 0.480 e. The quantitative estimate of drug-likeness (QED) is 0.0928. The first kappa shape index (κ1) is 34.3. The van der Waals surface area contributed by atoms with Gasteiger partial charge in [-0.2, -0.15) is 0 Å². The third kappa shape index (κ3) is 9.86. The Morgan fingerprint density at radius 2 is 1.36 bits per heavy atom. The maximum atomic E-state index is 12.7. The molecule has 2 rings (SSSR count). The Bertz CT molecular complexity index is 1520. The molecule has 2 amide bonds. The minimum atomic E-state index is -1.63. The molecule has 0 aliphatic rings. The first-order chi connectivity index (χ1) is 20.6. The molecule has 21 nitrogen and oxygen atoms in total. The first-order valence-electron chi connectivity index (χ1n) is 11.9. The van der Waals surface area contributed by atoms with Crippen molar-refractivity contribution in [2.45, 2.75) is 29.8 Å². The normalized spacial score (nSPS) is 11.8. The maximum Gasteiger partial charge on any atom is 0.326 e. The number of non-ortho nitro benzene ring substituents is 2. The molecule has 44 heavy (non-hydrogen) atoms. The fourth-order valence-corrected chi connectivity index (χ4v) is 4.45. The summed E-state index contributed by atoms with van der Waals surface area (Å²) in [7, 11) is 0. The van der Waals surface area contributed by atoms with Gasteiger partial charge in [-0.25, -0.2) is 4.79 Å². The highest BCUT2D eigenvalue weighted by Gasteiger charge is 2.28. The topological polar surface area (TPSA) is 317 Å². The number of carboxylic acid groups (broad SMARTS) is 2. The zero-order valence-corrected chi connectivity index (χ0v) is 22.8. The van der Waals surface area contributed by atoms with Gasteiger partial charge in [0, 0.05) is 24.3 Å². The summed E-state index contributed by atoms with van der Waals surface area (Å²) in [5.74, 6) is -5.37. The van der Waals surface area contributed by atoms with Crippen molar-refractivity contribution in [2.24, 2.45) is 0 Å². The number of hydrogen-bond donors (Lipinski definition) is 5. The van der Waals surface area contributed by atoms with Gasteiger partial charge in [-0.3, -0.25) is 54.8 Å². The van der Waals surface area contributed by atoms with Gasteiger partial charge in [0.2, 0.25) is 11.8 Å². The van der Waals surface area contributed by atoms with Crippen LogP contribution >= 0.6 is 11.8 Å². The van der Waals surface area contributed by atoms with E-state index in [0.717, 1.165) is 24.3 Å². The Morgan fingerprint density at radius 1 is 0.795 bits per heavy atom. The molecule has 0 radical (unpaired) electrons. The van der Waals surface area contributed by atoms with Gasteiger partial charge in [0.05, 0.1) is 36.7 Å². The van der Waals surface area contributed by atoms with Crippen molar-refractivity contribution in [3.05, 3.63) is 76.9 Å². The van der Waals surface area contributed by atoms with Gasteiger partial charge in [-0.15, -0.1) is 11.8 Å². The molecule has 0 aromatic heterocycles. The van der Waals surface area contributed by atoms with Crippen molar-refractivity contribution in [1.82, 2.24) is 10.6 Å². The van der Waals surface area contributed by atoms with Gasteiger partial charge in [0.1, 0.15) is 24.3 Å². The molecule has 0 bridgehead atoms. The van der Waals surface area contributed by atoms with Crippen LogP contribution in [0.5, 0.6) is 0 Å². The molecule has 2 aromatic rings. The van der Waals surface area contributed by atoms with Crippen LogP contribution in [0, 0.1) is 40.5 Å². The summed E-state index contributed by atoms with van der Waals surface area (Å²) in [6.45, 7) is -0.855. The van der Waals surface area contributed by atoms with Crippen molar-refractivity contribution in [3.63, 3.8) is 0 Å². The molecule has 0 spiro atoms. The monoisotopic (exact) mass is 639 g/mol. The highest BCUT2D eigenvalue weighted by Crippen LogP contribution is 2.33. The Labute approximate surface area is 248 Å². The van der Waals surface area contributed by atoms with Crippen molar-refractivity contribution >= 4 is 64.0 Å². The van der Waals surface area contributed by atoms with Crippen LogP contribution in [0.1, 0.15) is 12.8 Å². The Balaban J connectivity index is 2.19. The van der Waals surface area contributed by atoms with E-state index in [4.69, 9.17) is 5.11 Å². The van der Waals surface area contributed by atoms with E-state index in [0.29, 0.717) is 23.9 Å². The standard InChI is InChI=1S/C22H21N7O14S/c30-19(6-4-14(22(34)35)24-13-3-1-11(26(36)37)7-16(13)28(40)41)25-15(21(33)23-9-20(31)32)10-44-18-5-2-12(27(38)39)8-17(18)29(42)43/h1-3,5,7-8,14-15,24H,4,6,9-10H2,(H,23,33)(H,25,30)(H,31,32)(H,34,35). The molecular formula is C22H21N7O14S. The first-order valence-corrected chi connectivity index (χ1v) is 12.9. The van der Waals surface area contributed by atoms with E-state index in [1.54, 1.807) is 0 Å². The lowest BCUT2D eigenvalue weighted by Gasteiger charge is -2.19. The number of rotatable bonds is 17. The van der Waals surface area contributed by atoms with Crippen LogP contribution in [0.3, 0.4) is 0 Å². The lowest BCUT2D eigenvalue weighted by molar-refractivity contribution is -0.396. The molecule has 0 saturated carbocycles. The van der Waals surface area contributed by atoms with Crippen LogP contribution in [0.25, 0.3) is 0 Å². The molecule has 22 heteroatoms. The van der Waals surface area contributed by atoms with Crippen molar-refractivity contribution in [3.8, 4) is 0 Å². The second-order valence-corrected chi connectivity index (χ2v) is 9.56. The predicted octanol–water partition coefficient (Wildman–Crippen LogP) is 1.44. The fraction of sp³-hybridized carbons (Fsp3) is 0.273. The molecule has 234 valence electrons. The maximum absolute atomic E-state index is 12.7. The van der Waals surface area contributed by atoms with Gasteiger partial charge >= 0.3 is 11.9 Å². The molecule has 0 aliphatic heterocycles. The number of nitro groups is 4. The molecule has 2 atom stereocenters. The Morgan fingerprint density at radius 3 is 1.89 bits per heavy atom. The zero-order chi connectivity index (χ0) is 33.1. The number of carboxylic acids is 2. The summed E-state index contributed by atoms with van der Waals surface area (Å²) >= 11 is 0.641. The SMILES string of the molecule is O=C(O)CNC(=O)C(CSc1ccc([N+](=O)[O-])cc1[N+](=O)[O-])NC(=O)CCC(Nc1ccc([N+](=O)[O-])cc1[N+](=O)[O-])C(=O)O. The molecule has 2 unspecified atom stereocenters. The smallest absolute Gasteiger partial charge is 0.326 e. The highest BCUT2D eigenvalue weighted by molar-refractivity contribution is 7.99. The molecule has 5 N–H and O–H groups in total. The third-order valence-electron chi connectivity index (χ3n) is 5.50. The second kappa shape index (κ2) is 15.3. The average molecular weight is 640 g/mol. The van der Waals surface area contributed by atoms with E-state index in [1.165, 1.54) is 0 Å².